The van der Waals surface area contributed by atoms with E-state index in [1.54, 1.807) is 0 Å². The van der Waals surface area contributed by atoms with Gasteiger partial charge in [0.1, 0.15) is 6.04 Å². The largest absolute Gasteiger partial charge is 0.480 e. The normalized spacial score (nSPS) is 13.7. The SMILES string of the molecule is COC(=O)CC[C@H](NC(=O)CC(N)C(C)C)C(=O)O. The molecule has 0 rings (SSSR count). The lowest BCUT2D eigenvalue weighted by Gasteiger charge is -2.18. The predicted octanol–water partition coefficient (Wildman–Crippen LogP) is -0.118. The summed E-state index contributed by atoms with van der Waals surface area (Å²) < 4.78 is 4.42. The van der Waals surface area contributed by atoms with Gasteiger partial charge in [0, 0.05) is 18.9 Å². The summed E-state index contributed by atoms with van der Waals surface area (Å²) in [6.45, 7) is 3.76. The number of nitrogens with two attached hydrogens (primary N) is 1. The predicted molar refractivity (Wildman–Crippen MR) is 68.2 cm³/mol. The minimum Gasteiger partial charge on any atom is -0.480 e. The van der Waals surface area contributed by atoms with E-state index in [0.717, 1.165) is 0 Å². The van der Waals surface area contributed by atoms with Crippen molar-refractivity contribution in [1.82, 2.24) is 5.32 Å². The van der Waals surface area contributed by atoms with Crippen molar-refractivity contribution < 1.29 is 24.2 Å². The van der Waals surface area contributed by atoms with Crippen LogP contribution >= 0.6 is 0 Å². The van der Waals surface area contributed by atoms with Crippen molar-refractivity contribution >= 4 is 17.8 Å². The van der Waals surface area contributed by atoms with E-state index in [1.165, 1.54) is 7.11 Å². The number of carbonyl (C=O) groups excluding carboxylic acids is 2. The number of amides is 1. The average Bonchev–Trinajstić information content (AvgIpc) is 2.33. The average molecular weight is 274 g/mol. The molecule has 0 aliphatic rings. The number of methoxy groups -OCH3 is 1. The summed E-state index contributed by atoms with van der Waals surface area (Å²) in [5, 5.41) is 11.3. The van der Waals surface area contributed by atoms with Crippen molar-refractivity contribution in [3.8, 4) is 0 Å². The molecule has 0 aliphatic heterocycles. The molecule has 0 saturated carbocycles. The van der Waals surface area contributed by atoms with Gasteiger partial charge in [-0.2, -0.15) is 0 Å². The molecule has 0 radical (unpaired) electrons. The molecule has 1 amide bonds. The Bertz CT molecular complexity index is 330. The minimum atomic E-state index is -1.18. The van der Waals surface area contributed by atoms with Crippen molar-refractivity contribution in [1.29, 1.82) is 0 Å². The fourth-order valence-corrected chi connectivity index (χ4v) is 1.32. The molecule has 19 heavy (non-hydrogen) atoms. The van der Waals surface area contributed by atoms with Gasteiger partial charge in [-0.25, -0.2) is 4.79 Å². The first kappa shape index (κ1) is 17.4. The number of carboxylic acids is 1. The van der Waals surface area contributed by atoms with Crippen molar-refractivity contribution in [3.05, 3.63) is 0 Å². The second-order valence-electron chi connectivity index (χ2n) is 4.69. The smallest absolute Gasteiger partial charge is 0.326 e. The molecule has 0 aliphatic carbocycles. The molecule has 7 nitrogen and oxygen atoms in total. The molecule has 0 aromatic carbocycles. The standard InChI is InChI=1S/C12H22N2O5/c1-7(2)8(13)6-10(15)14-9(12(17)18)4-5-11(16)19-3/h7-9H,4-6,13H2,1-3H3,(H,14,15)(H,17,18)/t8?,9-/m0/s1. The number of carboxylic acid groups (broad SMARTS) is 1. The van der Waals surface area contributed by atoms with Gasteiger partial charge in [-0.05, 0) is 12.3 Å². The Balaban J connectivity index is 4.30. The van der Waals surface area contributed by atoms with E-state index in [1.807, 2.05) is 13.8 Å². The van der Waals surface area contributed by atoms with E-state index < -0.39 is 23.9 Å². The third-order valence-corrected chi connectivity index (χ3v) is 2.78. The van der Waals surface area contributed by atoms with Gasteiger partial charge in [-0.3, -0.25) is 9.59 Å². The van der Waals surface area contributed by atoms with Crippen LogP contribution in [0.1, 0.15) is 33.1 Å². The molecule has 7 heteroatoms. The number of esters is 1. The van der Waals surface area contributed by atoms with Crippen LogP contribution in [-0.2, 0) is 19.1 Å². The molecule has 4 N–H and O–H groups in total. The van der Waals surface area contributed by atoms with Crippen LogP contribution in [0.2, 0.25) is 0 Å². The van der Waals surface area contributed by atoms with Gasteiger partial charge < -0.3 is 20.9 Å². The van der Waals surface area contributed by atoms with Crippen LogP contribution < -0.4 is 11.1 Å². The highest BCUT2D eigenvalue weighted by Crippen LogP contribution is 2.04. The number of nitrogens with one attached hydrogen (secondary N) is 1. The summed E-state index contributed by atoms with van der Waals surface area (Å²) in [7, 11) is 1.22. The molecule has 0 aromatic rings. The Hall–Kier alpha value is -1.63. The van der Waals surface area contributed by atoms with Gasteiger partial charge in [0.25, 0.3) is 0 Å². The van der Waals surface area contributed by atoms with Crippen molar-refractivity contribution in [3.63, 3.8) is 0 Å². The Kier molecular flexibility index (Phi) is 7.74. The van der Waals surface area contributed by atoms with Gasteiger partial charge in [0.15, 0.2) is 0 Å². The van der Waals surface area contributed by atoms with Crippen LogP contribution in [0.15, 0.2) is 0 Å². The third kappa shape index (κ3) is 7.40. The molecule has 2 atom stereocenters. The van der Waals surface area contributed by atoms with Crippen LogP contribution in [0, 0.1) is 5.92 Å². The maximum absolute atomic E-state index is 11.6. The first-order chi connectivity index (χ1) is 8.77. The van der Waals surface area contributed by atoms with E-state index >= 15 is 0 Å². The van der Waals surface area contributed by atoms with Crippen LogP contribution in [0.4, 0.5) is 0 Å². The Morgan fingerprint density at radius 2 is 1.89 bits per heavy atom. The fraction of sp³-hybridized carbons (Fsp3) is 0.750. The van der Waals surface area contributed by atoms with E-state index in [-0.39, 0.29) is 31.2 Å². The fourth-order valence-electron chi connectivity index (χ4n) is 1.32. The number of aliphatic carboxylic acids is 1. The monoisotopic (exact) mass is 274 g/mol. The highest BCUT2D eigenvalue weighted by molar-refractivity contribution is 5.84. The van der Waals surface area contributed by atoms with Gasteiger partial charge in [0.2, 0.25) is 5.91 Å². The Morgan fingerprint density at radius 1 is 1.32 bits per heavy atom. The lowest BCUT2D eigenvalue weighted by molar-refractivity contribution is -0.144. The molecule has 0 aromatic heterocycles. The number of carbonyl (C=O) groups is 3. The molecule has 0 bridgehead atoms. The molecule has 0 spiro atoms. The first-order valence-electron chi connectivity index (χ1n) is 6.12. The van der Waals surface area contributed by atoms with Gasteiger partial charge in [0.05, 0.1) is 7.11 Å². The maximum Gasteiger partial charge on any atom is 0.326 e. The van der Waals surface area contributed by atoms with Crippen LogP contribution in [0.3, 0.4) is 0 Å². The highest BCUT2D eigenvalue weighted by Gasteiger charge is 2.22. The van der Waals surface area contributed by atoms with Gasteiger partial charge >= 0.3 is 11.9 Å². The second kappa shape index (κ2) is 8.47. The van der Waals surface area contributed by atoms with E-state index in [9.17, 15) is 14.4 Å². The van der Waals surface area contributed by atoms with Gasteiger partial charge in [-0.15, -0.1) is 0 Å². The number of rotatable bonds is 8. The third-order valence-electron chi connectivity index (χ3n) is 2.78. The zero-order valence-corrected chi connectivity index (χ0v) is 11.5. The van der Waals surface area contributed by atoms with Crippen LogP contribution in [0.5, 0.6) is 0 Å². The number of ether oxygens (including phenoxy) is 1. The molecule has 0 fully saturated rings. The lowest BCUT2D eigenvalue weighted by atomic mass is 10.0. The summed E-state index contributed by atoms with van der Waals surface area (Å²) in [6.07, 6.45) is -0.0195. The van der Waals surface area contributed by atoms with Crippen LogP contribution in [-0.4, -0.2) is 42.1 Å². The quantitative estimate of drug-likeness (QED) is 0.531. The van der Waals surface area contributed by atoms with Crippen molar-refractivity contribution in [2.45, 2.75) is 45.2 Å². The van der Waals surface area contributed by atoms with Crippen molar-refractivity contribution in [2.75, 3.05) is 7.11 Å². The topological polar surface area (TPSA) is 119 Å². The maximum atomic E-state index is 11.6. The Labute approximate surface area is 112 Å². The van der Waals surface area contributed by atoms with Crippen LogP contribution in [0.25, 0.3) is 0 Å². The first-order valence-corrected chi connectivity index (χ1v) is 6.12. The molecular weight excluding hydrogens is 252 g/mol. The zero-order chi connectivity index (χ0) is 15.0. The highest BCUT2D eigenvalue weighted by atomic mass is 16.5. The summed E-state index contributed by atoms with van der Waals surface area (Å²) in [5.74, 6) is -2.00. The second-order valence-corrected chi connectivity index (χ2v) is 4.69. The summed E-state index contributed by atoms with van der Waals surface area (Å²) in [4.78, 5) is 33.5. The Morgan fingerprint density at radius 3 is 2.32 bits per heavy atom. The van der Waals surface area contributed by atoms with Gasteiger partial charge in [-0.1, -0.05) is 13.8 Å². The molecule has 0 saturated heterocycles. The number of hydrogen-bond donors (Lipinski definition) is 3. The lowest BCUT2D eigenvalue weighted by Crippen LogP contribution is -2.44. The summed E-state index contributed by atoms with van der Waals surface area (Å²) >= 11 is 0. The zero-order valence-electron chi connectivity index (χ0n) is 11.5. The van der Waals surface area contributed by atoms with E-state index in [4.69, 9.17) is 10.8 Å². The van der Waals surface area contributed by atoms with Crippen molar-refractivity contribution in [2.24, 2.45) is 11.7 Å². The molecular formula is C12H22N2O5. The molecule has 110 valence electrons. The minimum absolute atomic E-state index is 0.00926. The van der Waals surface area contributed by atoms with E-state index in [0.29, 0.717) is 0 Å². The molecule has 1 unspecified atom stereocenters. The molecule has 0 heterocycles. The summed E-state index contributed by atoms with van der Waals surface area (Å²) in [6, 6.07) is -1.43. The summed E-state index contributed by atoms with van der Waals surface area (Å²) in [5.41, 5.74) is 5.73. The van der Waals surface area contributed by atoms with E-state index in [2.05, 4.69) is 10.1 Å². The number of hydrogen-bond acceptors (Lipinski definition) is 5.